The van der Waals surface area contributed by atoms with Gasteiger partial charge in [-0.1, -0.05) is 6.92 Å². The number of β-amino-alcohol motifs (C(OH)–C–C–N with tert-alkyl or cyclic N) is 1. The molecule has 2 unspecified atom stereocenters. The predicted octanol–water partition coefficient (Wildman–Crippen LogP) is 0.171. The highest BCUT2D eigenvalue weighted by Gasteiger charge is 2.33. The van der Waals surface area contributed by atoms with E-state index >= 15 is 0 Å². The molecule has 0 spiro atoms. The zero-order valence-corrected chi connectivity index (χ0v) is 11.7. The van der Waals surface area contributed by atoms with Crippen molar-refractivity contribution < 1.29 is 23.4 Å². The fraction of sp³-hybridized carbons (Fsp3) is 0.500. The number of aromatic nitrogens is 1. The van der Waals surface area contributed by atoms with Crippen LogP contribution in [-0.2, 0) is 10.0 Å². The Morgan fingerprint density at radius 2 is 2.15 bits per heavy atom. The van der Waals surface area contributed by atoms with Crippen LogP contribution < -0.4 is 0 Å². The molecule has 1 saturated heterocycles. The molecule has 2 rings (SSSR count). The maximum Gasteiger partial charge on any atom is 0.337 e. The minimum Gasteiger partial charge on any atom is -0.478 e. The van der Waals surface area contributed by atoms with E-state index in [0.717, 1.165) is 6.20 Å². The molecule has 1 aliphatic rings. The van der Waals surface area contributed by atoms with Gasteiger partial charge in [0.2, 0.25) is 0 Å². The molecule has 0 radical (unpaired) electrons. The van der Waals surface area contributed by atoms with Crippen LogP contribution in [0.1, 0.15) is 23.7 Å². The topological polar surface area (TPSA) is 108 Å². The average molecular weight is 300 g/mol. The van der Waals surface area contributed by atoms with Crippen molar-refractivity contribution in [1.29, 1.82) is 0 Å². The van der Waals surface area contributed by atoms with Gasteiger partial charge in [0.15, 0.2) is 5.03 Å². The van der Waals surface area contributed by atoms with Crippen LogP contribution in [0.15, 0.2) is 23.4 Å². The van der Waals surface area contributed by atoms with E-state index in [-0.39, 0.29) is 23.1 Å². The summed E-state index contributed by atoms with van der Waals surface area (Å²) >= 11 is 0. The van der Waals surface area contributed by atoms with Gasteiger partial charge in [-0.25, -0.2) is 18.2 Å². The number of aromatic carboxylic acids is 1. The van der Waals surface area contributed by atoms with Crippen molar-refractivity contribution >= 4 is 16.0 Å². The van der Waals surface area contributed by atoms with Crippen molar-refractivity contribution in [2.24, 2.45) is 5.92 Å². The fourth-order valence-corrected chi connectivity index (χ4v) is 3.42. The lowest BCUT2D eigenvalue weighted by molar-refractivity contribution is 0.0604. The smallest absolute Gasteiger partial charge is 0.337 e. The van der Waals surface area contributed by atoms with Gasteiger partial charge in [0, 0.05) is 19.3 Å². The summed E-state index contributed by atoms with van der Waals surface area (Å²) in [6.07, 6.45) is 0.892. The van der Waals surface area contributed by atoms with E-state index in [9.17, 15) is 18.3 Å². The minimum absolute atomic E-state index is 0.0336. The van der Waals surface area contributed by atoms with Gasteiger partial charge in [-0.15, -0.1) is 0 Å². The molecule has 7 nitrogen and oxygen atoms in total. The molecule has 1 fully saturated rings. The number of aliphatic hydroxyl groups is 1. The van der Waals surface area contributed by atoms with Crippen molar-refractivity contribution in [3.63, 3.8) is 0 Å². The quantitative estimate of drug-likeness (QED) is 0.824. The van der Waals surface area contributed by atoms with Gasteiger partial charge in [-0.3, -0.25) is 0 Å². The zero-order chi connectivity index (χ0) is 14.9. The van der Waals surface area contributed by atoms with E-state index in [1.54, 1.807) is 0 Å². The monoisotopic (exact) mass is 300 g/mol. The number of pyridine rings is 1. The van der Waals surface area contributed by atoms with Gasteiger partial charge >= 0.3 is 5.97 Å². The summed E-state index contributed by atoms with van der Waals surface area (Å²) < 4.78 is 25.8. The number of carboxylic acid groups (broad SMARTS) is 1. The Hall–Kier alpha value is -1.51. The Balaban J connectivity index is 2.24. The van der Waals surface area contributed by atoms with E-state index in [2.05, 4.69) is 4.98 Å². The molecule has 1 aliphatic heterocycles. The second-order valence-electron chi connectivity index (χ2n) is 4.89. The first-order chi connectivity index (χ1) is 9.32. The van der Waals surface area contributed by atoms with E-state index in [1.807, 2.05) is 6.92 Å². The third kappa shape index (κ3) is 2.82. The molecule has 2 N–H and O–H groups in total. The largest absolute Gasteiger partial charge is 0.478 e. The molecular formula is C12H16N2O5S. The number of rotatable bonds is 3. The standard InChI is InChI=1S/C12H16N2O5S/c1-8-4-5-14(7-10(8)15)20(18,19)11-3-2-9(6-13-11)12(16)17/h2-3,6,8,10,15H,4-5,7H2,1H3,(H,16,17). The number of sulfonamides is 1. The Bertz CT molecular complexity index is 599. The summed E-state index contributed by atoms with van der Waals surface area (Å²) in [5.41, 5.74) is -0.0729. The number of piperidine rings is 1. The number of nitrogens with zero attached hydrogens (tertiary/aromatic N) is 2. The van der Waals surface area contributed by atoms with Crippen molar-refractivity contribution in [3.05, 3.63) is 23.9 Å². The van der Waals surface area contributed by atoms with E-state index < -0.39 is 22.1 Å². The molecule has 110 valence electrons. The third-order valence-corrected chi connectivity index (χ3v) is 5.25. The molecule has 0 aliphatic carbocycles. The van der Waals surface area contributed by atoms with Crippen molar-refractivity contribution in [1.82, 2.24) is 9.29 Å². The highest BCUT2D eigenvalue weighted by molar-refractivity contribution is 7.89. The first-order valence-corrected chi connectivity index (χ1v) is 7.64. The molecule has 2 heterocycles. The second kappa shape index (κ2) is 5.47. The normalized spacial score (nSPS) is 24.5. The van der Waals surface area contributed by atoms with Crippen LogP contribution in [0.5, 0.6) is 0 Å². The van der Waals surface area contributed by atoms with Crippen LogP contribution >= 0.6 is 0 Å². The Kier molecular flexibility index (Phi) is 4.07. The van der Waals surface area contributed by atoms with Crippen LogP contribution in [-0.4, -0.2) is 53.1 Å². The van der Waals surface area contributed by atoms with Crippen molar-refractivity contribution in [3.8, 4) is 0 Å². The van der Waals surface area contributed by atoms with E-state index in [0.29, 0.717) is 13.0 Å². The second-order valence-corrected chi connectivity index (χ2v) is 6.77. The number of carbonyl (C=O) groups is 1. The van der Waals surface area contributed by atoms with Gasteiger partial charge in [0.1, 0.15) is 0 Å². The van der Waals surface area contributed by atoms with Crippen molar-refractivity contribution in [2.45, 2.75) is 24.5 Å². The molecule has 0 bridgehead atoms. The van der Waals surface area contributed by atoms with Crippen LogP contribution in [0.25, 0.3) is 0 Å². The summed E-state index contributed by atoms with van der Waals surface area (Å²) in [6, 6.07) is 2.37. The van der Waals surface area contributed by atoms with Gasteiger partial charge in [-0.05, 0) is 24.5 Å². The Labute approximate surface area is 116 Å². The molecule has 20 heavy (non-hydrogen) atoms. The first kappa shape index (κ1) is 14.9. The number of carboxylic acids is 1. The van der Waals surface area contributed by atoms with Crippen LogP contribution in [0.2, 0.25) is 0 Å². The van der Waals surface area contributed by atoms with Gasteiger partial charge < -0.3 is 10.2 Å². The molecule has 8 heteroatoms. The lowest BCUT2D eigenvalue weighted by atomic mass is 9.98. The number of hydrogen-bond acceptors (Lipinski definition) is 5. The lowest BCUT2D eigenvalue weighted by Gasteiger charge is -2.33. The molecule has 2 atom stereocenters. The predicted molar refractivity (Wildman–Crippen MR) is 69.7 cm³/mol. The van der Waals surface area contributed by atoms with Crippen molar-refractivity contribution in [2.75, 3.05) is 13.1 Å². The maximum atomic E-state index is 12.3. The molecular weight excluding hydrogens is 284 g/mol. The molecule has 0 aromatic carbocycles. The molecule has 0 amide bonds. The molecule has 0 saturated carbocycles. The number of aliphatic hydroxyl groups excluding tert-OH is 1. The first-order valence-electron chi connectivity index (χ1n) is 6.20. The van der Waals surface area contributed by atoms with Gasteiger partial charge in [-0.2, -0.15) is 4.31 Å². The summed E-state index contributed by atoms with van der Waals surface area (Å²) in [7, 11) is -3.79. The highest BCUT2D eigenvalue weighted by atomic mass is 32.2. The highest BCUT2D eigenvalue weighted by Crippen LogP contribution is 2.22. The SMILES string of the molecule is CC1CCN(S(=O)(=O)c2ccc(C(=O)O)cn2)CC1O. The van der Waals surface area contributed by atoms with Gasteiger partial charge in [0.05, 0.1) is 11.7 Å². The van der Waals surface area contributed by atoms with E-state index in [1.165, 1.54) is 16.4 Å². The number of hydrogen-bond donors (Lipinski definition) is 2. The zero-order valence-electron chi connectivity index (χ0n) is 10.9. The minimum atomic E-state index is -3.79. The van der Waals surface area contributed by atoms with Crippen LogP contribution in [0.3, 0.4) is 0 Å². The molecule has 1 aromatic heterocycles. The van der Waals surface area contributed by atoms with Crippen LogP contribution in [0, 0.1) is 5.92 Å². The van der Waals surface area contributed by atoms with E-state index in [4.69, 9.17) is 5.11 Å². The molecule has 1 aromatic rings. The summed E-state index contributed by atoms with van der Waals surface area (Å²) in [5, 5.41) is 18.3. The summed E-state index contributed by atoms with van der Waals surface area (Å²) in [4.78, 5) is 14.4. The Morgan fingerprint density at radius 3 is 2.65 bits per heavy atom. The average Bonchev–Trinajstić information content (AvgIpc) is 2.41. The fourth-order valence-electron chi connectivity index (χ4n) is 2.03. The summed E-state index contributed by atoms with van der Waals surface area (Å²) in [6.45, 7) is 2.23. The third-order valence-electron chi connectivity index (χ3n) is 3.47. The van der Waals surface area contributed by atoms with Crippen LogP contribution in [0.4, 0.5) is 0 Å². The summed E-state index contributed by atoms with van der Waals surface area (Å²) in [5.74, 6) is -1.10. The lowest BCUT2D eigenvalue weighted by Crippen LogP contribution is -2.45. The maximum absolute atomic E-state index is 12.3. The van der Waals surface area contributed by atoms with Gasteiger partial charge in [0.25, 0.3) is 10.0 Å². The Morgan fingerprint density at radius 1 is 1.45 bits per heavy atom.